The van der Waals surface area contributed by atoms with E-state index < -0.39 is 0 Å². The van der Waals surface area contributed by atoms with Crippen LogP contribution in [0.4, 0.5) is 0 Å². The van der Waals surface area contributed by atoms with Crippen molar-refractivity contribution in [3.05, 3.63) is 0 Å². The van der Waals surface area contributed by atoms with Gasteiger partial charge >= 0.3 is 0 Å². The Morgan fingerprint density at radius 3 is 2.69 bits per heavy atom. The van der Waals surface area contributed by atoms with Crippen LogP contribution in [0.1, 0.15) is 52.9 Å². The van der Waals surface area contributed by atoms with Gasteiger partial charge in [0.25, 0.3) is 0 Å². The highest BCUT2D eigenvalue weighted by atomic mass is 35.5. The highest BCUT2D eigenvalue weighted by Gasteiger charge is 2.26. The van der Waals surface area contributed by atoms with Gasteiger partial charge in [-0.3, -0.25) is 5.01 Å². The second kappa shape index (κ2) is 7.00. The smallest absolute Gasteiger partial charge is 0.134 e. The molecule has 0 saturated carbocycles. The second-order valence-electron chi connectivity index (χ2n) is 4.91. The Balaban J connectivity index is 2.30. The summed E-state index contributed by atoms with van der Waals surface area (Å²) in [6.07, 6.45) is 8.15. The first-order valence-electron chi connectivity index (χ1n) is 6.40. The third-order valence-electron chi connectivity index (χ3n) is 2.86. The molecule has 0 amide bonds. The van der Waals surface area contributed by atoms with Crippen molar-refractivity contribution in [3.63, 3.8) is 0 Å². The normalized spacial score (nSPS) is 20.2. The molecular formula is C12H24ClN3. The van der Waals surface area contributed by atoms with Crippen molar-refractivity contribution in [2.45, 2.75) is 59.0 Å². The van der Waals surface area contributed by atoms with Crippen LogP contribution in [0, 0.1) is 5.92 Å². The van der Waals surface area contributed by atoms with E-state index in [1.165, 1.54) is 25.7 Å². The zero-order valence-electron chi connectivity index (χ0n) is 10.7. The van der Waals surface area contributed by atoms with Gasteiger partial charge in [-0.2, -0.15) is 5.10 Å². The molecule has 0 fully saturated rings. The molecule has 0 aromatic rings. The number of rotatable bonds is 7. The average molecular weight is 246 g/mol. The maximum atomic E-state index is 6.10. The van der Waals surface area contributed by atoms with Crippen LogP contribution in [0.5, 0.6) is 0 Å². The maximum absolute atomic E-state index is 6.10. The fraction of sp³-hybridized carbons (Fsp3) is 0.917. The number of unbranched alkanes of at least 4 members (excludes halogenated alkanes) is 3. The van der Waals surface area contributed by atoms with E-state index in [0.29, 0.717) is 5.92 Å². The van der Waals surface area contributed by atoms with Gasteiger partial charge in [0.15, 0.2) is 0 Å². The topological polar surface area (TPSA) is 18.8 Å². The molecule has 0 saturated heterocycles. The Kier molecular flexibility index (Phi) is 5.96. The molecule has 1 heterocycles. The molecule has 0 aromatic carbocycles. The van der Waals surface area contributed by atoms with Crippen molar-refractivity contribution in [3.8, 4) is 0 Å². The molecule has 0 bridgehead atoms. The van der Waals surface area contributed by atoms with Crippen molar-refractivity contribution in [1.82, 2.24) is 9.43 Å². The zero-order chi connectivity index (χ0) is 12.0. The number of halogens is 1. The molecule has 1 aliphatic heterocycles. The number of nitrogens with zero attached hydrogens (tertiary/aromatic N) is 3. The van der Waals surface area contributed by atoms with Gasteiger partial charge in [-0.15, -0.1) is 0 Å². The highest BCUT2D eigenvalue weighted by Crippen LogP contribution is 2.22. The van der Waals surface area contributed by atoms with Gasteiger partial charge in [0.05, 0.1) is 0 Å². The van der Waals surface area contributed by atoms with Crippen LogP contribution in [-0.4, -0.2) is 28.5 Å². The number of hydrogen-bond donors (Lipinski definition) is 0. The quantitative estimate of drug-likeness (QED) is 0.504. The van der Waals surface area contributed by atoms with E-state index in [0.717, 1.165) is 13.0 Å². The van der Waals surface area contributed by atoms with E-state index in [1.807, 2.05) is 0 Å². The van der Waals surface area contributed by atoms with Crippen LogP contribution >= 0.6 is 11.8 Å². The summed E-state index contributed by atoms with van der Waals surface area (Å²) in [5.74, 6) is 0.645. The first kappa shape index (κ1) is 13.6. The minimum absolute atomic E-state index is 0.253. The van der Waals surface area contributed by atoms with Gasteiger partial charge in [-0.25, -0.2) is 4.42 Å². The van der Waals surface area contributed by atoms with Crippen LogP contribution in [0.2, 0.25) is 0 Å². The highest BCUT2D eigenvalue weighted by molar-refractivity contribution is 6.19. The van der Waals surface area contributed by atoms with Crippen LogP contribution in [-0.2, 0) is 0 Å². The van der Waals surface area contributed by atoms with Crippen LogP contribution in [0.15, 0.2) is 5.10 Å². The summed E-state index contributed by atoms with van der Waals surface area (Å²) in [4.78, 5) is 0. The molecule has 0 aromatic heterocycles. The van der Waals surface area contributed by atoms with Crippen molar-refractivity contribution in [2.75, 3.05) is 6.54 Å². The summed E-state index contributed by atoms with van der Waals surface area (Å²) < 4.78 is 1.71. The predicted octanol–water partition coefficient (Wildman–Crippen LogP) is 3.65. The summed E-state index contributed by atoms with van der Waals surface area (Å²) in [6, 6.07) is 0. The van der Waals surface area contributed by atoms with E-state index in [-0.39, 0.29) is 6.17 Å². The Morgan fingerprint density at radius 2 is 2.06 bits per heavy atom. The van der Waals surface area contributed by atoms with Crippen molar-refractivity contribution < 1.29 is 0 Å². The predicted molar refractivity (Wildman–Crippen MR) is 70.3 cm³/mol. The Labute approximate surface area is 105 Å². The van der Waals surface area contributed by atoms with E-state index in [9.17, 15) is 0 Å². The van der Waals surface area contributed by atoms with Gasteiger partial charge < -0.3 is 0 Å². The first-order chi connectivity index (χ1) is 7.65. The van der Waals surface area contributed by atoms with Gasteiger partial charge in [-0.05, 0) is 18.8 Å². The van der Waals surface area contributed by atoms with Gasteiger partial charge in [0, 0.05) is 18.3 Å². The van der Waals surface area contributed by atoms with Gasteiger partial charge in [-0.1, -0.05) is 40.0 Å². The molecule has 0 aliphatic carbocycles. The monoisotopic (exact) mass is 245 g/mol. The molecule has 0 N–H and O–H groups in total. The lowest BCUT2D eigenvalue weighted by atomic mass is 10.1. The molecule has 3 nitrogen and oxygen atoms in total. The summed E-state index contributed by atoms with van der Waals surface area (Å²) in [5.41, 5.74) is 0. The van der Waals surface area contributed by atoms with Crippen LogP contribution in [0.25, 0.3) is 0 Å². The van der Waals surface area contributed by atoms with Crippen molar-refractivity contribution in [2.24, 2.45) is 11.0 Å². The van der Waals surface area contributed by atoms with E-state index in [4.69, 9.17) is 11.8 Å². The summed E-state index contributed by atoms with van der Waals surface area (Å²) in [6.45, 7) is 7.70. The summed E-state index contributed by atoms with van der Waals surface area (Å²) in [7, 11) is 0. The Bertz CT molecular complexity index is 218. The Morgan fingerprint density at radius 1 is 1.31 bits per heavy atom. The number of hydrazone groups is 1. The molecule has 1 atom stereocenters. The SMILES string of the molecule is CCCCCCN1N=CN(Cl)C1CC(C)C. The third-order valence-corrected chi connectivity index (χ3v) is 3.17. The fourth-order valence-corrected chi connectivity index (χ4v) is 2.17. The van der Waals surface area contributed by atoms with Crippen molar-refractivity contribution in [1.29, 1.82) is 0 Å². The molecule has 1 aliphatic rings. The molecule has 1 rings (SSSR count). The fourth-order valence-electron chi connectivity index (χ4n) is 1.95. The molecule has 0 radical (unpaired) electrons. The maximum Gasteiger partial charge on any atom is 0.134 e. The third kappa shape index (κ3) is 4.20. The molecular weight excluding hydrogens is 222 g/mol. The summed E-state index contributed by atoms with van der Waals surface area (Å²) >= 11 is 6.10. The minimum atomic E-state index is 0.253. The number of hydrogen-bond acceptors (Lipinski definition) is 3. The molecule has 94 valence electrons. The summed E-state index contributed by atoms with van der Waals surface area (Å²) in [5, 5.41) is 6.48. The Hall–Kier alpha value is -0.440. The zero-order valence-corrected chi connectivity index (χ0v) is 11.5. The van der Waals surface area contributed by atoms with Crippen LogP contribution < -0.4 is 0 Å². The van der Waals surface area contributed by atoms with Crippen molar-refractivity contribution >= 4 is 18.1 Å². The standard InChI is InChI=1S/C12H24ClN3/c1-4-5-6-7-8-16-12(9-11(2)3)15(13)10-14-16/h10-12H,4-9H2,1-3H3. The van der Waals surface area contributed by atoms with Crippen LogP contribution in [0.3, 0.4) is 0 Å². The largest absolute Gasteiger partial charge is 0.272 e. The lowest BCUT2D eigenvalue weighted by Gasteiger charge is -2.27. The molecule has 1 unspecified atom stereocenters. The lowest BCUT2D eigenvalue weighted by Crippen LogP contribution is -2.36. The van der Waals surface area contributed by atoms with Gasteiger partial charge in [0.2, 0.25) is 0 Å². The first-order valence-corrected chi connectivity index (χ1v) is 6.73. The molecule has 16 heavy (non-hydrogen) atoms. The van der Waals surface area contributed by atoms with Gasteiger partial charge in [0.1, 0.15) is 12.5 Å². The molecule has 0 spiro atoms. The second-order valence-corrected chi connectivity index (χ2v) is 5.30. The minimum Gasteiger partial charge on any atom is -0.272 e. The van der Waals surface area contributed by atoms with E-state index in [2.05, 4.69) is 30.9 Å². The van der Waals surface area contributed by atoms with E-state index >= 15 is 0 Å². The molecule has 4 heteroatoms. The lowest BCUT2D eigenvalue weighted by molar-refractivity contribution is 0.148. The average Bonchev–Trinajstić information content (AvgIpc) is 2.56. The van der Waals surface area contributed by atoms with E-state index in [1.54, 1.807) is 10.8 Å².